The van der Waals surface area contributed by atoms with Crippen LogP contribution in [-0.4, -0.2) is 66.3 Å². The molecule has 1 N–H and O–H groups in total. The molecule has 3 aliphatic heterocycles. The lowest BCUT2D eigenvalue weighted by atomic mass is 9.83. The van der Waals surface area contributed by atoms with E-state index in [4.69, 9.17) is 0 Å². The molecule has 7 nitrogen and oxygen atoms in total. The third kappa shape index (κ3) is 4.37. The van der Waals surface area contributed by atoms with Crippen LogP contribution in [0.15, 0.2) is 12.1 Å². The molecule has 8 heteroatoms. The second-order valence-electron chi connectivity index (χ2n) is 10.2. The number of anilines is 1. The Morgan fingerprint density at radius 3 is 2.42 bits per heavy atom. The van der Waals surface area contributed by atoms with Gasteiger partial charge in [-0.2, -0.15) is 0 Å². The van der Waals surface area contributed by atoms with Crippen LogP contribution < -0.4 is 10.2 Å². The number of rotatable bonds is 4. The van der Waals surface area contributed by atoms with E-state index >= 15 is 4.39 Å². The molecule has 1 unspecified atom stereocenters. The number of carbonyl (C=O) groups excluding carboxylic acids is 3. The topological polar surface area (TPSA) is 73.0 Å². The number of benzene rings is 1. The third-order valence-electron chi connectivity index (χ3n) is 7.99. The van der Waals surface area contributed by atoms with E-state index in [9.17, 15) is 14.4 Å². The van der Waals surface area contributed by atoms with Crippen molar-refractivity contribution in [1.29, 1.82) is 0 Å². The van der Waals surface area contributed by atoms with E-state index in [0.717, 1.165) is 44.6 Å². The minimum absolute atomic E-state index is 0.0696. The summed E-state index contributed by atoms with van der Waals surface area (Å²) >= 11 is 0. The molecule has 0 bridgehead atoms. The van der Waals surface area contributed by atoms with E-state index in [0.29, 0.717) is 16.8 Å². The molecule has 5 rings (SSSR count). The van der Waals surface area contributed by atoms with Crippen molar-refractivity contribution in [3.05, 3.63) is 29.1 Å². The van der Waals surface area contributed by atoms with Crippen LogP contribution in [0.3, 0.4) is 0 Å². The zero-order valence-corrected chi connectivity index (χ0v) is 19.3. The normalized spacial score (nSPS) is 28.8. The molecule has 3 fully saturated rings. The zero-order chi connectivity index (χ0) is 23.1. The number of amides is 3. The number of nitrogens with zero attached hydrogens (tertiary/aromatic N) is 3. The Kier molecular flexibility index (Phi) is 6.12. The van der Waals surface area contributed by atoms with Gasteiger partial charge in [0.15, 0.2) is 5.82 Å². The monoisotopic (exact) mass is 456 g/mol. The lowest BCUT2D eigenvalue weighted by Crippen LogP contribution is -2.52. The molecule has 2 saturated heterocycles. The van der Waals surface area contributed by atoms with Crippen molar-refractivity contribution in [3.63, 3.8) is 0 Å². The highest BCUT2D eigenvalue weighted by Crippen LogP contribution is 2.34. The molecule has 1 aliphatic carbocycles. The van der Waals surface area contributed by atoms with Gasteiger partial charge >= 0.3 is 0 Å². The number of piperazine rings is 1. The predicted octanol–water partition coefficient (Wildman–Crippen LogP) is 2.54. The van der Waals surface area contributed by atoms with Gasteiger partial charge in [-0.3, -0.25) is 24.6 Å². The van der Waals surface area contributed by atoms with Crippen molar-refractivity contribution in [2.24, 2.45) is 11.8 Å². The Bertz CT molecular complexity index is 951. The highest BCUT2D eigenvalue weighted by atomic mass is 19.1. The van der Waals surface area contributed by atoms with E-state index in [-0.39, 0.29) is 37.0 Å². The van der Waals surface area contributed by atoms with Crippen molar-refractivity contribution >= 4 is 23.4 Å². The van der Waals surface area contributed by atoms with Crippen LogP contribution >= 0.6 is 0 Å². The number of halogens is 1. The largest absolute Gasteiger partial charge is 0.367 e. The summed E-state index contributed by atoms with van der Waals surface area (Å²) in [5.41, 5.74) is 1.23. The first kappa shape index (κ1) is 22.3. The standard InChI is InChI=1S/C25H33FN4O3/c1-16-2-4-17(5-3-16)14-28-10-12-29(13-11-28)20-7-6-18-19(23(20)26)15-30(25(18)33)21-8-9-22(31)27-24(21)32/h6-7,16-17,21H,2-5,8-15H2,1H3,(H,27,31,32). The first-order valence-corrected chi connectivity index (χ1v) is 12.3. The van der Waals surface area contributed by atoms with Gasteiger partial charge in [0.1, 0.15) is 6.04 Å². The molecule has 178 valence electrons. The maximum Gasteiger partial charge on any atom is 0.255 e. The minimum atomic E-state index is -0.725. The fraction of sp³-hybridized carbons (Fsp3) is 0.640. The van der Waals surface area contributed by atoms with Crippen LogP contribution in [0, 0.1) is 17.7 Å². The van der Waals surface area contributed by atoms with Crippen molar-refractivity contribution in [3.8, 4) is 0 Å². The molecule has 0 spiro atoms. The van der Waals surface area contributed by atoms with Crippen LogP contribution in [0.25, 0.3) is 0 Å². The van der Waals surface area contributed by atoms with Crippen molar-refractivity contribution in [2.45, 2.75) is 58.0 Å². The molecule has 4 aliphatic rings. The van der Waals surface area contributed by atoms with Crippen LogP contribution in [0.5, 0.6) is 0 Å². The van der Waals surface area contributed by atoms with E-state index in [1.165, 1.54) is 30.6 Å². The molecular formula is C25H33FN4O3. The summed E-state index contributed by atoms with van der Waals surface area (Å²) in [4.78, 5) is 42.6. The summed E-state index contributed by atoms with van der Waals surface area (Å²) in [6.07, 6.45) is 5.77. The fourth-order valence-corrected chi connectivity index (χ4v) is 5.88. The summed E-state index contributed by atoms with van der Waals surface area (Å²) in [5, 5.41) is 2.29. The van der Waals surface area contributed by atoms with Gasteiger partial charge in [0.2, 0.25) is 11.8 Å². The van der Waals surface area contributed by atoms with E-state index < -0.39 is 11.9 Å². The van der Waals surface area contributed by atoms with Crippen LogP contribution in [-0.2, 0) is 16.1 Å². The molecule has 1 atom stereocenters. The van der Waals surface area contributed by atoms with Crippen LogP contribution in [0.2, 0.25) is 0 Å². The zero-order valence-electron chi connectivity index (χ0n) is 19.3. The van der Waals surface area contributed by atoms with Gasteiger partial charge in [-0.25, -0.2) is 4.39 Å². The Labute approximate surface area is 194 Å². The Morgan fingerprint density at radius 1 is 1.00 bits per heavy atom. The molecule has 1 aromatic rings. The number of nitrogens with one attached hydrogen (secondary N) is 1. The SMILES string of the molecule is CC1CCC(CN2CCN(c3ccc4c(c3F)CN(C3CCC(=O)NC3=O)C4=O)CC2)CC1. The Hall–Kier alpha value is -2.48. The molecule has 1 aromatic carbocycles. The van der Waals surface area contributed by atoms with Gasteiger partial charge in [-0.15, -0.1) is 0 Å². The van der Waals surface area contributed by atoms with Gasteiger partial charge in [0.25, 0.3) is 5.91 Å². The Balaban J connectivity index is 1.23. The van der Waals surface area contributed by atoms with Crippen LogP contribution in [0.1, 0.15) is 61.4 Å². The molecule has 0 aromatic heterocycles. The van der Waals surface area contributed by atoms with E-state index in [1.54, 1.807) is 12.1 Å². The molecule has 0 radical (unpaired) electrons. The van der Waals surface area contributed by atoms with Crippen molar-refractivity contribution in [1.82, 2.24) is 15.1 Å². The van der Waals surface area contributed by atoms with Gasteiger partial charge < -0.3 is 9.80 Å². The van der Waals surface area contributed by atoms with Crippen LogP contribution in [0.4, 0.5) is 10.1 Å². The molecule has 33 heavy (non-hydrogen) atoms. The minimum Gasteiger partial charge on any atom is -0.367 e. The summed E-state index contributed by atoms with van der Waals surface area (Å²) in [7, 11) is 0. The Morgan fingerprint density at radius 2 is 1.73 bits per heavy atom. The molecule has 3 amide bonds. The average Bonchev–Trinajstić information content (AvgIpc) is 3.13. The smallest absolute Gasteiger partial charge is 0.255 e. The number of imide groups is 1. The van der Waals surface area contributed by atoms with Crippen molar-refractivity contribution < 1.29 is 18.8 Å². The number of piperidine rings is 1. The van der Waals surface area contributed by atoms with Gasteiger partial charge in [0.05, 0.1) is 12.2 Å². The van der Waals surface area contributed by atoms with E-state index in [1.807, 2.05) is 0 Å². The maximum absolute atomic E-state index is 15.5. The first-order chi connectivity index (χ1) is 15.9. The molecule has 1 saturated carbocycles. The third-order valence-corrected chi connectivity index (χ3v) is 7.99. The van der Waals surface area contributed by atoms with Gasteiger partial charge in [0, 0.05) is 50.3 Å². The summed E-state index contributed by atoms with van der Waals surface area (Å²) in [6, 6.07) is 2.67. The quantitative estimate of drug-likeness (QED) is 0.705. The molecule has 3 heterocycles. The number of fused-ring (bicyclic) bond motifs is 1. The lowest BCUT2D eigenvalue weighted by molar-refractivity contribution is -0.136. The first-order valence-electron chi connectivity index (χ1n) is 12.3. The van der Waals surface area contributed by atoms with Gasteiger partial charge in [-0.1, -0.05) is 19.8 Å². The van der Waals surface area contributed by atoms with Gasteiger partial charge in [-0.05, 0) is 43.2 Å². The summed E-state index contributed by atoms with van der Waals surface area (Å²) in [6.45, 7) is 6.93. The van der Waals surface area contributed by atoms with Crippen molar-refractivity contribution in [2.75, 3.05) is 37.6 Å². The second kappa shape index (κ2) is 9.05. The lowest BCUT2D eigenvalue weighted by Gasteiger charge is -2.39. The number of hydrogen-bond acceptors (Lipinski definition) is 5. The maximum atomic E-state index is 15.5. The average molecular weight is 457 g/mol. The number of hydrogen-bond donors (Lipinski definition) is 1. The fourth-order valence-electron chi connectivity index (χ4n) is 5.88. The predicted molar refractivity (Wildman–Crippen MR) is 122 cm³/mol. The highest BCUT2D eigenvalue weighted by molar-refractivity contribution is 6.05. The summed E-state index contributed by atoms with van der Waals surface area (Å²) in [5.74, 6) is 0.150. The second-order valence-corrected chi connectivity index (χ2v) is 10.2. The summed E-state index contributed by atoms with van der Waals surface area (Å²) < 4.78 is 15.5. The number of carbonyl (C=O) groups is 3. The highest BCUT2D eigenvalue weighted by Gasteiger charge is 2.41. The van der Waals surface area contributed by atoms with E-state index in [2.05, 4.69) is 22.0 Å². The molecular weight excluding hydrogens is 423 g/mol.